The van der Waals surface area contributed by atoms with E-state index in [2.05, 4.69) is 5.32 Å². The van der Waals surface area contributed by atoms with E-state index in [9.17, 15) is 4.39 Å². The third-order valence-corrected chi connectivity index (χ3v) is 3.12. The molecule has 1 aromatic rings. The fraction of sp³-hybridized carbons (Fsp3) is 0.455. The van der Waals surface area contributed by atoms with Crippen LogP contribution in [0.25, 0.3) is 0 Å². The summed E-state index contributed by atoms with van der Waals surface area (Å²) in [5.74, 6) is 0.105. The Hall–Kier alpha value is -0.600. The molecule has 1 N–H and O–H groups in total. The lowest BCUT2D eigenvalue weighted by Gasteiger charge is -2.13. The summed E-state index contributed by atoms with van der Waals surface area (Å²) < 4.78 is 13.8. The summed E-state index contributed by atoms with van der Waals surface area (Å²) >= 11 is 6.01. The quantitative estimate of drug-likeness (QED) is 0.757. The summed E-state index contributed by atoms with van der Waals surface area (Å²) in [6, 6.07) is 3.51. The van der Waals surface area contributed by atoms with Crippen molar-refractivity contribution in [3.05, 3.63) is 34.1 Å². The van der Waals surface area contributed by atoms with Crippen LogP contribution in [-0.4, -0.2) is 13.1 Å². The standard InChI is InChI=1S/C11H13ClFN/c1-7-2-3-9(12)10(11(7)13)8-4-5-14-6-8/h2-3,8,14H,4-6H2,1H3. The molecule has 2 rings (SSSR count). The van der Waals surface area contributed by atoms with Gasteiger partial charge in [-0.1, -0.05) is 17.7 Å². The fourth-order valence-corrected chi connectivity index (χ4v) is 2.25. The summed E-state index contributed by atoms with van der Waals surface area (Å²) in [7, 11) is 0. The van der Waals surface area contributed by atoms with Crippen LogP contribution in [0.4, 0.5) is 4.39 Å². The normalized spacial score (nSPS) is 21.5. The van der Waals surface area contributed by atoms with Crippen LogP contribution in [0.15, 0.2) is 12.1 Å². The van der Waals surface area contributed by atoms with Crippen LogP contribution in [0, 0.1) is 12.7 Å². The second kappa shape index (κ2) is 3.87. The van der Waals surface area contributed by atoms with Gasteiger partial charge < -0.3 is 5.32 Å². The summed E-state index contributed by atoms with van der Waals surface area (Å²) in [6.45, 7) is 3.56. The molecular formula is C11H13ClFN. The van der Waals surface area contributed by atoms with Gasteiger partial charge in [0.05, 0.1) is 0 Å². The van der Waals surface area contributed by atoms with E-state index in [1.807, 2.05) is 0 Å². The Balaban J connectivity index is 2.44. The third kappa shape index (κ3) is 1.64. The Bertz CT molecular complexity index is 345. The molecule has 1 aromatic carbocycles. The number of halogens is 2. The molecule has 1 fully saturated rings. The number of nitrogens with one attached hydrogen (secondary N) is 1. The van der Waals surface area contributed by atoms with Gasteiger partial charge in [-0.3, -0.25) is 0 Å². The van der Waals surface area contributed by atoms with Gasteiger partial charge in [0.2, 0.25) is 0 Å². The summed E-state index contributed by atoms with van der Waals surface area (Å²) in [5, 5.41) is 3.78. The lowest BCUT2D eigenvalue weighted by Crippen LogP contribution is -2.09. The molecule has 1 aliphatic heterocycles. The molecule has 0 spiro atoms. The molecule has 0 saturated carbocycles. The van der Waals surface area contributed by atoms with Crippen molar-refractivity contribution in [2.75, 3.05) is 13.1 Å². The van der Waals surface area contributed by atoms with Gasteiger partial charge in [-0.05, 0) is 31.5 Å². The second-order valence-corrected chi connectivity index (χ2v) is 4.19. The Morgan fingerprint density at radius 2 is 2.29 bits per heavy atom. The average molecular weight is 214 g/mol. The highest BCUT2D eigenvalue weighted by Gasteiger charge is 2.23. The molecule has 1 saturated heterocycles. The predicted octanol–water partition coefficient (Wildman–Crippen LogP) is 2.86. The Labute approximate surface area is 88.3 Å². The van der Waals surface area contributed by atoms with Crippen LogP contribution in [0.1, 0.15) is 23.5 Å². The van der Waals surface area contributed by atoms with E-state index >= 15 is 0 Å². The van der Waals surface area contributed by atoms with Crippen molar-refractivity contribution in [1.29, 1.82) is 0 Å². The van der Waals surface area contributed by atoms with E-state index in [4.69, 9.17) is 11.6 Å². The van der Waals surface area contributed by atoms with Gasteiger partial charge in [0.15, 0.2) is 0 Å². The Morgan fingerprint density at radius 3 is 2.93 bits per heavy atom. The van der Waals surface area contributed by atoms with Gasteiger partial charge >= 0.3 is 0 Å². The maximum Gasteiger partial charge on any atom is 0.131 e. The number of hydrogen-bond donors (Lipinski definition) is 1. The van der Waals surface area contributed by atoms with Crippen LogP contribution < -0.4 is 5.32 Å². The molecule has 0 amide bonds. The fourth-order valence-electron chi connectivity index (χ4n) is 1.95. The first-order chi connectivity index (χ1) is 6.70. The minimum Gasteiger partial charge on any atom is -0.316 e. The molecule has 1 aliphatic rings. The first kappa shape index (κ1) is 9.94. The minimum atomic E-state index is -0.133. The van der Waals surface area contributed by atoms with Crippen molar-refractivity contribution in [2.24, 2.45) is 0 Å². The molecule has 1 unspecified atom stereocenters. The van der Waals surface area contributed by atoms with E-state index in [1.54, 1.807) is 19.1 Å². The summed E-state index contributed by atoms with van der Waals surface area (Å²) in [5.41, 5.74) is 1.37. The van der Waals surface area contributed by atoms with Gasteiger partial charge in [-0.15, -0.1) is 0 Å². The molecule has 14 heavy (non-hydrogen) atoms. The maximum absolute atomic E-state index is 13.8. The molecule has 1 heterocycles. The van der Waals surface area contributed by atoms with Crippen LogP contribution >= 0.6 is 11.6 Å². The van der Waals surface area contributed by atoms with Crippen molar-refractivity contribution < 1.29 is 4.39 Å². The predicted molar refractivity (Wildman–Crippen MR) is 56.4 cm³/mol. The lowest BCUT2D eigenvalue weighted by molar-refractivity contribution is 0.580. The Kier molecular flexibility index (Phi) is 2.75. The SMILES string of the molecule is Cc1ccc(Cl)c(C2CCNC2)c1F. The van der Waals surface area contributed by atoms with E-state index < -0.39 is 0 Å². The minimum absolute atomic E-state index is 0.133. The highest BCUT2D eigenvalue weighted by Crippen LogP contribution is 2.32. The molecule has 1 nitrogen and oxygen atoms in total. The number of benzene rings is 1. The molecule has 0 radical (unpaired) electrons. The van der Waals surface area contributed by atoms with E-state index in [-0.39, 0.29) is 11.7 Å². The molecule has 3 heteroatoms. The topological polar surface area (TPSA) is 12.0 Å². The van der Waals surface area contributed by atoms with E-state index in [0.717, 1.165) is 19.5 Å². The van der Waals surface area contributed by atoms with Crippen molar-refractivity contribution in [3.8, 4) is 0 Å². The highest BCUT2D eigenvalue weighted by molar-refractivity contribution is 6.31. The van der Waals surface area contributed by atoms with Gasteiger partial charge in [0, 0.05) is 23.0 Å². The van der Waals surface area contributed by atoms with Crippen LogP contribution in [0.5, 0.6) is 0 Å². The van der Waals surface area contributed by atoms with Gasteiger partial charge in [-0.25, -0.2) is 4.39 Å². The smallest absolute Gasteiger partial charge is 0.131 e. The maximum atomic E-state index is 13.8. The zero-order chi connectivity index (χ0) is 10.1. The van der Waals surface area contributed by atoms with Gasteiger partial charge in [-0.2, -0.15) is 0 Å². The molecule has 1 atom stereocenters. The zero-order valence-corrected chi connectivity index (χ0v) is 8.87. The number of aryl methyl sites for hydroxylation is 1. The molecule has 0 aromatic heterocycles. The van der Waals surface area contributed by atoms with Crippen LogP contribution in [0.3, 0.4) is 0 Å². The molecular weight excluding hydrogens is 201 g/mol. The first-order valence-electron chi connectivity index (χ1n) is 4.85. The first-order valence-corrected chi connectivity index (χ1v) is 5.23. The monoisotopic (exact) mass is 213 g/mol. The van der Waals surface area contributed by atoms with Gasteiger partial charge in [0.1, 0.15) is 5.82 Å². The zero-order valence-electron chi connectivity index (χ0n) is 8.11. The van der Waals surface area contributed by atoms with Crippen molar-refractivity contribution >= 4 is 11.6 Å². The number of hydrogen-bond acceptors (Lipinski definition) is 1. The van der Waals surface area contributed by atoms with Gasteiger partial charge in [0.25, 0.3) is 0 Å². The van der Waals surface area contributed by atoms with Crippen molar-refractivity contribution in [3.63, 3.8) is 0 Å². The Morgan fingerprint density at radius 1 is 1.50 bits per heavy atom. The van der Waals surface area contributed by atoms with Crippen LogP contribution in [0.2, 0.25) is 5.02 Å². The van der Waals surface area contributed by atoms with Crippen molar-refractivity contribution in [1.82, 2.24) is 5.32 Å². The lowest BCUT2D eigenvalue weighted by atomic mass is 9.96. The van der Waals surface area contributed by atoms with Crippen LogP contribution in [-0.2, 0) is 0 Å². The molecule has 0 aliphatic carbocycles. The van der Waals surface area contributed by atoms with E-state index in [0.29, 0.717) is 16.1 Å². The second-order valence-electron chi connectivity index (χ2n) is 3.78. The summed E-state index contributed by atoms with van der Waals surface area (Å²) in [4.78, 5) is 0. The highest BCUT2D eigenvalue weighted by atomic mass is 35.5. The average Bonchev–Trinajstić information content (AvgIpc) is 2.65. The third-order valence-electron chi connectivity index (χ3n) is 2.79. The molecule has 0 bridgehead atoms. The number of rotatable bonds is 1. The largest absolute Gasteiger partial charge is 0.316 e. The van der Waals surface area contributed by atoms with Crippen molar-refractivity contribution in [2.45, 2.75) is 19.3 Å². The summed E-state index contributed by atoms with van der Waals surface area (Å²) in [6.07, 6.45) is 0.972. The molecule has 76 valence electrons. The van der Waals surface area contributed by atoms with E-state index in [1.165, 1.54) is 0 Å².